The van der Waals surface area contributed by atoms with Crippen molar-refractivity contribution in [1.29, 1.82) is 0 Å². The number of nitrogens with two attached hydrogens (primary N) is 1. The third kappa shape index (κ3) is 2.51. The molecule has 0 bridgehead atoms. The first-order chi connectivity index (χ1) is 8.50. The molecule has 1 heterocycles. The second-order valence-corrected chi connectivity index (χ2v) is 5.70. The van der Waals surface area contributed by atoms with Crippen LogP contribution in [0.3, 0.4) is 0 Å². The number of hydrogen-bond acceptors (Lipinski definition) is 3. The summed E-state index contributed by atoms with van der Waals surface area (Å²) < 4.78 is 0. The summed E-state index contributed by atoms with van der Waals surface area (Å²) >= 11 is 0. The fourth-order valence-electron chi connectivity index (χ4n) is 3.29. The van der Waals surface area contributed by atoms with Crippen LogP contribution >= 0.6 is 0 Å². The second-order valence-electron chi connectivity index (χ2n) is 5.70. The summed E-state index contributed by atoms with van der Waals surface area (Å²) in [4.78, 5) is 25.3. The normalized spacial score (nSPS) is 36.7. The fourth-order valence-corrected chi connectivity index (χ4v) is 3.29. The van der Waals surface area contributed by atoms with Crippen molar-refractivity contribution in [3.63, 3.8) is 0 Å². The molecule has 1 amide bonds. The lowest BCUT2D eigenvalue weighted by Crippen LogP contribution is -2.53. The van der Waals surface area contributed by atoms with E-state index in [2.05, 4.69) is 0 Å². The Hall–Kier alpha value is -1.10. The summed E-state index contributed by atoms with van der Waals surface area (Å²) in [7, 11) is 0. The van der Waals surface area contributed by atoms with Crippen LogP contribution in [0.2, 0.25) is 0 Å². The van der Waals surface area contributed by atoms with E-state index in [1.165, 1.54) is 0 Å². The van der Waals surface area contributed by atoms with Gasteiger partial charge in [-0.25, -0.2) is 4.79 Å². The third-order valence-corrected chi connectivity index (χ3v) is 4.29. The highest BCUT2D eigenvalue weighted by atomic mass is 16.4. The minimum Gasteiger partial charge on any atom is -0.480 e. The Kier molecular flexibility index (Phi) is 3.90. The van der Waals surface area contributed by atoms with Gasteiger partial charge in [-0.3, -0.25) is 4.79 Å². The first kappa shape index (κ1) is 13.3. The predicted molar refractivity (Wildman–Crippen MR) is 66.9 cm³/mol. The Bertz CT molecular complexity index is 345. The van der Waals surface area contributed by atoms with Crippen molar-refractivity contribution in [2.45, 2.75) is 51.1 Å². The van der Waals surface area contributed by atoms with Gasteiger partial charge in [0.25, 0.3) is 0 Å². The molecule has 0 spiro atoms. The van der Waals surface area contributed by atoms with Gasteiger partial charge in [-0.2, -0.15) is 0 Å². The molecule has 0 aromatic rings. The van der Waals surface area contributed by atoms with Crippen LogP contribution < -0.4 is 5.73 Å². The van der Waals surface area contributed by atoms with Gasteiger partial charge >= 0.3 is 5.97 Å². The van der Waals surface area contributed by atoms with Crippen molar-refractivity contribution in [1.82, 2.24) is 4.90 Å². The molecule has 1 aliphatic heterocycles. The fraction of sp³-hybridized carbons (Fsp3) is 0.846. The van der Waals surface area contributed by atoms with Crippen LogP contribution in [0, 0.1) is 11.8 Å². The molecule has 4 atom stereocenters. The zero-order chi connectivity index (χ0) is 13.3. The first-order valence-corrected chi connectivity index (χ1v) is 6.79. The first-order valence-electron chi connectivity index (χ1n) is 6.79. The molecule has 2 fully saturated rings. The van der Waals surface area contributed by atoms with Crippen LogP contribution in [-0.2, 0) is 9.59 Å². The second kappa shape index (κ2) is 5.26. The smallest absolute Gasteiger partial charge is 0.326 e. The van der Waals surface area contributed by atoms with Gasteiger partial charge < -0.3 is 15.7 Å². The van der Waals surface area contributed by atoms with E-state index >= 15 is 0 Å². The minimum absolute atomic E-state index is 0.00176. The summed E-state index contributed by atoms with van der Waals surface area (Å²) in [5.74, 6) is -0.901. The number of likely N-dealkylation sites (tertiary alicyclic amines) is 1. The van der Waals surface area contributed by atoms with E-state index in [-0.39, 0.29) is 23.8 Å². The maximum Gasteiger partial charge on any atom is 0.326 e. The van der Waals surface area contributed by atoms with Gasteiger partial charge in [0, 0.05) is 18.5 Å². The van der Waals surface area contributed by atoms with E-state index in [1.54, 1.807) is 4.90 Å². The molecule has 1 saturated carbocycles. The number of carboxylic acids is 1. The van der Waals surface area contributed by atoms with Crippen LogP contribution in [-0.4, -0.2) is 40.5 Å². The number of carbonyl (C=O) groups is 2. The zero-order valence-corrected chi connectivity index (χ0v) is 10.8. The molecule has 18 heavy (non-hydrogen) atoms. The Morgan fingerprint density at radius 3 is 2.56 bits per heavy atom. The van der Waals surface area contributed by atoms with E-state index in [0.717, 1.165) is 25.7 Å². The van der Waals surface area contributed by atoms with Gasteiger partial charge in [-0.05, 0) is 38.0 Å². The van der Waals surface area contributed by atoms with Crippen LogP contribution in [0.25, 0.3) is 0 Å². The highest BCUT2D eigenvalue weighted by Gasteiger charge is 2.40. The molecule has 0 radical (unpaired) electrons. The Morgan fingerprint density at radius 2 is 2.00 bits per heavy atom. The van der Waals surface area contributed by atoms with E-state index in [1.807, 2.05) is 6.92 Å². The number of carboxylic acid groups (broad SMARTS) is 1. The molecule has 2 rings (SSSR count). The molecule has 1 saturated heterocycles. The van der Waals surface area contributed by atoms with Crippen LogP contribution in [0.4, 0.5) is 0 Å². The van der Waals surface area contributed by atoms with Gasteiger partial charge in [0.1, 0.15) is 6.04 Å². The summed E-state index contributed by atoms with van der Waals surface area (Å²) in [6, 6.07) is -0.549. The van der Waals surface area contributed by atoms with Gasteiger partial charge in [-0.15, -0.1) is 0 Å². The molecule has 102 valence electrons. The lowest BCUT2D eigenvalue weighted by atomic mass is 9.89. The lowest BCUT2D eigenvalue weighted by molar-refractivity contribution is -0.156. The number of aliphatic carboxylic acids is 1. The average molecular weight is 254 g/mol. The molecule has 0 aromatic heterocycles. The van der Waals surface area contributed by atoms with Crippen LogP contribution in [0.1, 0.15) is 39.0 Å². The topological polar surface area (TPSA) is 83.6 Å². The summed E-state index contributed by atoms with van der Waals surface area (Å²) in [6.07, 6.45) is 4.16. The summed E-state index contributed by atoms with van der Waals surface area (Å²) in [5, 5.41) is 9.30. The molecule has 3 N–H and O–H groups in total. The molecule has 2 aliphatic rings. The van der Waals surface area contributed by atoms with Crippen LogP contribution in [0.5, 0.6) is 0 Å². The summed E-state index contributed by atoms with van der Waals surface area (Å²) in [6.45, 7) is 2.49. The molecular formula is C13H22N2O3. The van der Waals surface area contributed by atoms with E-state index in [4.69, 9.17) is 5.73 Å². The van der Waals surface area contributed by atoms with E-state index < -0.39 is 12.0 Å². The lowest BCUT2D eigenvalue weighted by Gasteiger charge is -2.38. The van der Waals surface area contributed by atoms with Crippen molar-refractivity contribution in [2.24, 2.45) is 17.6 Å². The van der Waals surface area contributed by atoms with Gasteiger partial charge in [0.15, 0.2) is 0 Å². The maximum atomic E-state index is 12.4. The molecule has 0 aromatic carbocycles. The molecule has 1 aliphatic carbocycles. The molecule has 5 heteroatoms. The highest BCUT2D eigenvalue weighted by Crippen LogP contribution is 2.30. The standard InChI is InChI=1S/C13H22N2O3/c1-8-3-2-6-15(11(8)13(17)18)12(16)9-4-5-10(14)7-9/h8-11H,2-7,14H2,1H3,(H,17,18). The molecular weight excluding hydrogens is 232 g/mol. The van der Waals surface area contributed by atoms with Crippen molar-refractivity contribution >= 4 is 11.9 Å². The number of piperidine rings is 1. The molecule has 5 nitrogen and oxygen atoms in total. The Morgan fingerprint density at radius 1 is 1.28 bits per heavy atom. The third-order valence-electron chi connectivity index (χ3n) is 4.29. The Labute approximate surface area is 107 Å². The van der Waals surface area contributed by atoms with Gasteiger partial charge in [0.2, 0.25) is 5.91 Å². The zero-order valence-electron chi connectivity index (χ0n) is 10.8. The van der Waals surface area contributed by atoms with Crippen LogP contribution in [0.15, 0.2) is 0 Å². The quantitative estimate of drug-likeness (QED) is 0.764. The Balaban J connectivity index is 2.09. The average Bonchev–Trinajstić information content (AvgIpc) is 2.74. The molecule has 4 unspecified atom stereocenters. The van der Waals surface area contributed by atoms with E-state index in [9.17, 15) is 14.7 Å². The van der Waals surface area contributed by atoms with Crippen molar-refractivity contribution in [3.8, 4) is 0 Å². The number of amides is 1. The van der Waals surface area contributed by atoms with Crippen molar-refractivity contribution in [2.75, 3.05) is 6.54 Å². The predicted octanol–water partition coefficient (Wildman–Crippen LogP) is 0.826. The van der Waals surface area contributed by atoms with Gasteiger partial charge in [0.05, 0.1) is 0 Å². The number of carbonyl (C=O) groups excluding carboxylic acids is 1. The van der Waals surface area contributed by atoms with Crippen molar-refractivity contribution in [3.05, 3.63) is 0 Å². The SMILES string of the molecule is CC1CCCN(C(=O)C2CCC(N)C2)C1C(=O)O. The monoisotopic (exact) mass is 254 g/mol. The van der Waals surface area contributed by atoms with Gasteiger partial charge in [-0.1, -0.05) is 6.92 Å². The maximum absolute atomic E-state index is 12.4. The van der Waals surface area contributed by atoms with Crippen molar-refractivity contribution < 1.29 is 14.7 Å². The number of rotatable bonds is 2. The summed E-state index contributed by atoms with van der Waals surface area (Å²) in [5.41, 5.74) is 5.83. The number of hydrogen-bond donors (Lipinski definition) is 2. The number of nitrogens with zero attached hydrogens (tertiary/aromatic N) is 1. The highest BCUT2D eigenvalue weighted by molar-refractivity contribution is 5.85. The largest absolute Gasteiger partial charge is 0.480 e. The minimum atomic E-state index is -0.877. The van der Waals surface area contributed by atoms with E-state index in [0.29, 0.717) is 13.0 Å².